The van der Waals surface area contributed by atoms with E-state index in [1.165, 1.54) is 24.1 Å². The SMILES string of the molecule is Cc1cc(S(C)(=O)=O)c(C(C)(C)C)c(O)c1C(=O)O.c1cc2cc-2c1. The molecule has 0 aliphatic heterocycles. The summed E-state index contributed by atoms with van der Waals surface area (Å²) in [6.07, 6.45) is 1.04. The summed E-state index contributed by atoms with van der Waals surface area (Å²) in [5, 5.41) is 19.3. The second-order valence-electron chi connectivity index (χ2n) is 7.20. The van der Waals surface area contributed by atoms with Crippen LogP contribution in [-0.4, -0.2) is 30.9 Å². The van der Waals surface area contributed by atoms with Gasteiger partial charge in [0.05, 0.1) is 4.90 Å². The molecule has 3 rings (SSSR count). The molecular weight excluding hydrogens is 340 g/mol. The van der Waals surface area contributed by atoms with Gasteiger partial charge in [0, 0.05) is 11.8 Å². The van der Waals surface area contributed by atoms with Crippen LogP contribution >= 0.6 is 0 Å². The largest absolute Gasteiger partial charge is 0.507 e. The van der Waals surface area contributed by atoms with E-state index < -0.39 is 27.0 Å². The number of hydrogen-bond donors (Lipinski definition) is 2. The molecule has 0 unspecified atom stereocenters. The Hall–Kier alpha value is -2.34. The lowest BCUT2D eigenvalue weighted by atomic mass is 9.84. The van der Waals surface area contributed by atoms with Crippen molar-refractivity contribution in [2.24, 2.45) is 0 Å². The van der Waals surface area contributed by atoms with Crippen LogP contribution in [0.2, 0.25) is 0 Å². The zero-order valence-electron chi connectivity index (χ0n) is 14.9. The minimum Gasteiger partial charge on any atom is -0.507 e. The minimum atomic E-state index is -3.56. The summed E-state index contributed by atoms with van der Waals surface area (Å²) in [5.41, 5.74) is 2.26. The third-order valence-corrected chi connectivity index (χ3v) is 5.06. The fourth-order valence-electron chi connectivity index (χ4n) is 2.73. The van der Waals surface area contributed by atoms with E-state index in [0.29, 0.717) is 0 Å². The van der Waals surface area contributed by atoms with Gasteiger partial charge in [-0.2, -0.15) is 0 Å². The first-order valence-electron chi connectivity index (χ1n) is 7.75. The Morgan fingerprint density at radius 1 is 1.08 bits per heavy atom. The van der Waals surface area contributed by atoms with E-state index in [1.54, 1.807) is 20.8 Å². The molecule has 6 heteroatoms. The molecule has 2 N–H and O–H groups in total. The van der Waals surface area contributed by atoms with Gasteiger partial charge in [-0.3, -0.25) is 0 Å². The van der Waals surface area contributed by atoms with Gasteiger partial charge in [0.1, 0.15) is 11.3 Å². The van der Waals surface area contributed by atoms with Crippen molar-refractivity contribution in [2.75, 3.05) is 6.26 Å². The van der Waals surface area contributed by atoms with E-state index in [9.17, 15) is 18.3 Å². The number of benzene rings is 2. The average molecular weight is 362 g/mol. The third-order valence-electron chi connectivity index (χ3n) is 3.94. The number of rotatable bonds is 2. The van der Waals surface area contributed by atoms with Gasteiger partial charge in [0.2, 0.25) is 0 Å². The second-order valence-corrected chi connectivity index (χ2v) is 9.18. The highest BCUT2D eigenvalue weighted by atomic mass is 32.2. The van der Waals surface area contributed by atoms with Crippen molar-refractivity contribution in [1.82, 2.24) is 0 Å². The van der Waals surface area contributed by atoms with Crippen molar-refractivity contribution in [3.8, 4) is 16.9 Å². The second kappa shape index (κ2) is 6.19. The Balaban J connectivity index is 0.000000306. The van der Waals surface area contributed by atoms with Gasteiger partial charge in [-0.25, -0.2) is 13.2 Å². The number of sulfone groups is 1. The van der Waals surface area contributed by atoms with Crippen molar-refractivity contribution >= 4 is 15.8 Å². The number of carbonyl (C=O) groups is 1. The average Bonchev–Trinajstić information content (AvgIpc) is 3.02. The maximum absolute atomic E-state index is 11.8. The zero-order chi connectivity index (χ0) is 19.2. The molecule has 5 nitrogen and oxygen atoms in total. The van der Waals surface area contributed by atoms with Crippen LogP contribution < -0.4 is 0 Å². The molecule has 134 valence electrons. The standard InChI is InChI=1S/C13H18O5S.C6H4/c1-7-6-8(19(5,17)18)10(13(2,3)4)11(14)9(7)12(15)16;1-2-5-4-6(5)3-1/h6,14H,1-5H3,(H,15,16);1-4H. The summed E-state index contributed by atoms with van der Waals surface area (Å²) in [4.78, 5) is 11.1. The topological polar surface area (TPSA) is 91.7 Å². The first-order chi connectivity index (χ1) is 11.3. The van der Waals surface area contributed by atoms with Gasteiger partial charge >= 0.3 is 5.97 Å². The monoisotopic (exact) mass is 362 g/mol. The van der Waals surface area contributed by atoms with Crippen LogP contribution in [0.3, 0.4) is 0 Å². The zero-order valence-corrected chi connectivity index (χ0v) is 15.7. The summed E-state index contributed by atoms with van der Waals surface area (Å²) in [7, 11) is -3.56. The molecule has 1 aromatic rings. The molecule has 0 fully saturated rings. The molecule has 0 spiro atoms. The Kier molecular flexibility index (Phi) is 4.70. The van der Waals surface area contributed by atoms with Gasteiger partial charge in [-0.05, 0) is 41.2 Å². The van der Waals surface area contributed by atoms with Gasteiger partial charge in [-0.1, -0.05) is 39.0 Å². The van der Waals surface area contributed by atoms with Crippen molar-refractivity contribution in [3.63, 3.8) is 0 Å². The molecule has 0 radical (unpaired) electrons. The van der Waals surface area contributed by atoms with Crippen LogP contribution in [-0.2, 0) is 15.3 Å². The molecular formula is C19H22O5S. The lowest BCUT2D eigenvalue weighted by molar-refractivity contribution is 0.0692. The molecule has 0 amide bonds. The molecule has 0 atom stereocenters. The van der Waals surface area contributed by atoms with E-state index >= 15 is 0 Å². The van der Waals surface area contributed by atoms with Crippen LogP contribution in [0.1, 0.15) is 42.3 Å². The Morgan fingerprint density at radius 3 is 1.88 bits per heavy atom. The predicted octanol–water partition coefficient (Wildman–Crippen LogP) is 3.77. The number of aromatic hydroxyl groups is 1. The van der Waals surface area contributed by atoms with Crippen LogP contribution in [0.15, 0.2) is 35.2 Å². The Labute approximate surface area is 147 Å². The lowest BCUT2D eigenvalue weighted by Gasteiger charge is -2.25. The van der Waals surface area contributed by atoms with E-state index in [0.717, 1.165) is 6.26 Å². The van der Waals surface area contributed by atoms with Crippen molar-refractivity contribution < 1.29 is 23.4 Å². The number of phenols is 1. The molecule has 0 saturated heterocycles. The van der Waals surface area contributed by atoms with Crippen LogP contribution in [0.25, 0.3) is 11.1 Å². The molecule has 0 aromatic heterocycles. The number of carboxylic acids is 1. The van der Waals surface area contributed by atoms with Crippen LogP contribution in [0.5, 0.6) is 5.75 Å². The Bertz CT molecular complexity index is 933. The van der Waals surface area contributed by atoms with Crippen LogP contribution in [0.4, 0.5) is 0 Å². The van der Waals surface area contributed by atoms with Gasteiger partial charge in [-0.15, -0.1) is 0 Å². The predicted molar refractivity (Wildman–Crippen MR) is 97.0 cm³/mol. The fourth-order valence-corrected chi connectivity index (χ4v) is 3.90. The quantitative estimate of drug-likeness (QED) is 0.724. The summed E-state index contributed by atoms with van der Waals surface area (Å²) in [6.45, 7) is 6.62. The number of carboxylic acid groups (broad SMARTS) is 1. The molecule has 25 heavy (non-hydrogen) atoms. The van der Waals surface area contributed by atoms with Gasteiger partial charge in [0.25, 0.3) is 0 Å². The van der Waals surface area contributed by atoms with E-state index in [4.69, 9.17) is 5.11 Å². The number of hydrogen-bond acceptors (Lipinski definition) is 4. The lowest BCUT2D eigenvalue weighted by Crippen LogP contribution is -2.19. The maximum atomic E-state index is 11.8. The molecule has 0 saturated carbocycles. The third kappa shape index (κ3) is 4.02. The number of aryl methyl sites for hydroxylation is 1. The van der Waals surface area contributed by atoms with Crippen molar-refractivity contribution in [2.45, 2.75) is 38.0 Å². The summed E-state index contributed by atoms with van der Waals surface area (Å²) < 4.78 is 23.7. The minimum absolute atomic E-state index is 0.0278. The first kappa shape index (κ1) is 19.0. The molecule has 0 heterocycles. The summed E-state index contributed by atoms with van der Waals surface area (Å²) in [5.74, 6) is -1.75. The van der Waals surface area contributed by atoms with Gasteiger partial charge in [0.15, 0.2) is 9.84 Å². The highest BCUT2D eigenvalue weighted by Crippen LogP contribution is 2.40. The van der Waals surface area contributed by atoms with Crippen molar-refractivity contribution in [1.29, 1.82) is 0 Å². The smallest absolute Gasteiger partial charge is 0.339 e. The summed E-state index contributed by atoms with van der Waals surface area (Å²) >= 11 is 0. The highest BCUT2D eigenvalue weighted by Gasteiger charge is 2.31. The van der Waals surface area contributed by atoms with E-state index in [2.05, 4.69) is 24.3 Å². The number of aromatic carboxylic acids is 1. The highest BCUT2D eigenvalue weighted by molar-refractivity contribution is 7.90. The number of fused-ring (bicyclic) bond motifs is 1. The van der Waals surface area contributed by atoms with Gasteiger partial charge < -0.3 is 10.2 Å². The maximum Gasteiger partial charge on any atom is 0.339 e. The molecule has 1 aromatic carbocycles. The van der Waals surface area contributed by atoms with Crippen molar-refractivity contribution in [3.05, 3.63) is 47.0 Å². The molecule has 0 bridgehead atoms. The normalized spacial score (nSPS) is 12.2. The Morgan fingerprint density at radius 2 is 1.60 bits per heavy atom. The van der Waals surface area contributed by atoms with E-state index in [1.807, 2.05) is 0 Å². The molecule has 2 aliphatic rings. The van der Waals surface area contributed by atoms with E-state index in [-0.39, 0.29) is 21.6 Å². The first-order valence-corrected chi connectivity index (χ1v) is 9.64. The fraction of sp³-hybridized carbons (Fsp3) is 0.316. The summed E-state index contributed by atoms with van der Waals surface area (Å²) in [6, 6.07) is 9.79. The van der Waals surface area contributed by atoms with Crippen LogP contribution in [0, 0.1) is 6.92 Å². The molecule has 2 aliphatic carbocycles.